The van der Waals surface area contributed by atoms with Gasteiger partial charge >= 0.3 is 0 Å². The first-order valence-electron chi connectivity index (χ1n) is 6.33. The fourth-order valence-corrected chi connectivity index (χ4v) is 2.61. The number of amides is 1. The maximum atomic E-state index is 12.1. The van der Waals surface area contributed by atoms with Gasteiger partial charge in [0, 0.05) is 25.0 Å². The van der Waals surface area contributed by atoms with Gasteiger partial charge in [0.2, 0.25) is 5.91 Å². The van der Waals surface area contributed by atoms with E-state index in [0.717, 1.165) is 11.4 Å². The van der Waals surface area contributed by atoms with Crippen molar-refractivity contribution in [2.24, 2.45) is 0 Å². The Bertz CT molecular complexity index is 537. The normalized spacial score (nSPS) is 10.4. The summed E-state index contributed by atoms with van der Waals surface area (Å²) in [6.07, 6.45) is 3.12. The Kier molecular flexibility index (Phi) is 4.68. The second kappa shape index (κ2) is 6.48. The Labute approximate surface area is 117 Å². The summed E-state index contributed by atoms with van der Waals surface area (Å²) < 4.78 is 0. The molecule has 0 saturated carbocycles. The molecule has 2 aromatic rings. The van der Waals surface area contributed by atoms with Gasteiger partial charge in [-0.05, 0) is 24.5 Å². The van der Waals surface area contributed by atoms with Crippen LogP contribution in [0.5, 0.6) is 0 Å². The van der Waals surface area contributed by atoms with E-state index in [9.17, 15) is 4.79 Å². The maximum Gasteiger partial charge on any atom is 0.223 e. The van der Waals surface area contributed by atoms with Crippen LogP contribution in [0.3, 0.4) is 0 Å². The summed E-state index contributed by atoms with van der Waals surface area (Å²) in [4.78, 5) is 18.0. The van der Waals surface area contributed by atoms with Crippen LogP contribution in [0.2, 0.25) is 0 Å². The number of aryl methyl sites for hydroxylation is 2. The minimum Gasteiger partial charge on any atom is -0.339 e. The quantitative estimate of drug-likeness (QED) is 0.839. The van der Waals surface area contributed by atoms with Gasteiger partial charge in [-0.2, -0.15) is 0 Å². The first kappa shape index (κ1) is 13.7. The van der Waals surface area contributed by atoms with Gasteiger partial charge in [0.1, 0.15) is 5.01 Å². The van der Waals surface area contributed by atoms with E-state index >= 15 is 0 Å². The third-order valence-corrected chi connectivity index (χ3v) is 3.92. The molecular formula is C15H18N2OS. The Balaban J connectivity index is 1.86. The lowest BCUT2D eigenvalue weighted by molar-refractivity contribution is -0.130. The van der Waals surface area contributed by atoms with Crippen LogP contribution < -0.4 is 0 Å². The molecule has 0 radical (unpaired) electrons. The van der Waals surface area contributed by atoms with Crippen molar-refractivity contribution in [3.63, 3.8) is 0 Å². The van der Waals surface area contributed by atoms with Crippen LogP contribution >= 0.6 is 11.3 Å². The van der Waals surface area contributed by atoms with Crippen LogP contribution in [0.1, 0.15) is 22.6 Å². The van der Waals surface area contributed by atoms with Crippen LogP contribution in [0.15, 0.2) is 35.8 Å². The predicted octanol–water partition coefficient (Wildman–Crippen LogP) is 3.04. The molecule has 1 aromatic heterocycles. The number of hydrogen-bond donors (Lipinski definition) is 0. The predicted molar refractivity (Wildman–Crippen MR) is 78.1 cm³/mol. The summed E-state index contributed by atoms with van der Waals surface area (Å²) in [5.74, 6) is 0.165. The number of rotatable bonds is 5. The Morgan fingerprint density at radius 1 is 1.37 bits per heavy atom. The van der Waals surface area contributed by atoms with Gasteiger partial charge in [-0.15, -0.1) is 11.3 Å². The average molecular weight is 274 g/mol. The third kappa shape index (κ3) is 3.89. The molecule has 0 bridgehead atoms. The van der Waals surface area contributed by atoms with E-state index in [1.54, 1.807) is 22.4 Å². The SMILES string of the molecule is Cc1ccccc1CCC(=O)N(C)Cc1nccs1. The molecule has 0 atom stereocenters. The number of hydrogen-bond acceptors (Lipinski definition) is 3. The molecule has 0 unspecified atom stereocenters. The van der Waals surface area contributed by atoms with Crippen molar-refractivity contribution in [2.75, 3.05) is 7.05 Å². The fourth-order valence-electron chi connectivity index (χ4n) is 1.95. The number of carbonyl (C=O) groups is 1. The van der Waals surface area contributed by atoms with E-state index in [-0.39, 0.29) is 5.91 Å². The number of carbonyl (C=O) groups excluding carboxylic acids is 1. The Morgan fingerprint density at radius 2 is 2.16 bits per heavy atom. The number of nitrogens with zero attached hydrogens (tertiary/aromatic N) is 2. The van der Waals surface area contributed by atoms with Gasteiger partial charge in [-0.25, -0.2) is 4.98 Å². The second-order valence-electron chi connectivity index (χ2n) is 4.60. The minimum atomic E-state index is 0.165. The van der Waals surface area contributed by atoms with Gasteiger partial charge < -0.3 is 4.90 Å². The van der Waals surface area contributed by atoms with E-state index in [4.69, 9.17) is 0 Å². The summed E-state index contributed by atoms with van der Waals surface area (Å²) in [5, 5.41) is 2.91. The van der Waals surface area contributed by atoms with Crippen molar-refractivity contribution in [1.82, 2.24) is 9.88 Å². The molecule has 4 heteroatoms. The molecular weight excluding hydrogens is 256 g/mol. The molecule has 0 aliphatic heterocycles. The minimum absolute atomic E-state index is 0.165. The van der Waals surface area contributed by atoms with Crippen molar-refractivity contribution < 1.29 is 4.79 Å². The lowest BCUT2D eigenvalue weighted by Crippen LogP contribution is -2.26. The summed E-state index contributed by atoms with van der Waals surface area (Å²) in [6.45, 7) is 2.68. The molecule has 0 N–H and O–H groups in total. The molecule has 0 saturated heterocycles. The fraction of sp³-hybridized carbons (Fsp3) is 0.333. The van der Waals surface area contributed by atoms with Crippen molar-refractivity contribution >= 4 is 17.2 Å². The van der Waals surface area contributed by atoms with Crippen molar-refractivity contribution in [3.8, 4) is 0 Å². The lowest BCUT2D eigenvalue weighted by Gasteiger charge is -2.16. The molecule has 0 aliphatic carbocycles. The molecule has 2 rings (SSSR count). The lowest BCUT2D eigenvalue weighted by atomic mass is 10.0. The Hall–Kier alpha value is -1.68. The van der Waals surface area contributed by atoms with Gasteiger partial charge in [-0.1, -0.05) is 24.3 Å². The van der Waals surface area contributed by atoms with Crippen molar-refractivity contribution in [1.29, 1.82) is 0 Å². The van der Waals surface area contributed by atoms with Gasteiger partial charge in [0.05, 0.1) is 6.54 Å². The summed E-state index contributed by atoms with van der Waals surface area (Å²) in [7, 11) is 1.83. The molecule has 0 aliphatic rings. The zero-order valence-corrected chi connectivity index (χ0v) is 12.1. The Morgan fingerprint density at radius 3 is 2.84 bits per heavy atom. The van der Waals surface area contributed by atoms with Crippen molar-refractivity contribution in [2.45, 2.75) is 26.3 Å². The van der Waals surface area contributed by atoms with Crippen molar-refractivity contribution in [3.05, 3.63) is 52.0 Å². The van der Waals surface area contributed by atoms with Crippen LogP contribution in [-0.2, 0) is 17.8 Å². The van der Waals surface area contributed by atoms with E-state index in [1.807, 2.05) is 24.6 Å². The molecule has 1 heterocycles. The molecule has 0 fully saturated rings. The van der Waals surface area contributed by atoms with E-state index in [1.165, 1.54) is 11.1 Å². The summed E-state index contributed by atoms with van der Waals surface area (Å²) in [5.41, 5.74) is 2.50. The highest BCUT2D eigenvalue weighted by Crippen LogP contribution is 2.12. The molecule has 19 heavy (non-hydrogen) atoms. The number of benzene rings is 1. The van der Waals surface area contributed by atoms with Gasteiger partial charge in [0.25, 0.3) is 0 Å². The van der Waals surface area contributed by atoms with Crippen LogP contribution in [0.4, 0.5) is 0 Å². The highest BCUT2D eigenvalue weighted by molar-refractivity contribution is 7.09. The van der Waals surface area contributed by atoms with Crippen LogP contribution in [-0.4, -0.2) is 22.8 Å². The number of thiazole rings is 1. The first-order valence-corrected chi connectivity index (χ1v) is 7.21. The highest BCUT2D eigenvalue weighted by Gasteiger charge is 2.11. The van der Waals surface area contributed by atoms with Crippen LogP contribution in [0, 0.1) is 6.92 Å². The van der Waals surface area contributed by atoms with E-state index in [2.05, 4.69) is 24.0 Å². The van der Waals surface area contributed by atoms with Gasteiger partial charge in [-0.3, -0.25) is 4.79 Å². The van der Waals surface area contributed by atoms with E-state index in [0.29, 0.717) is 13.0 Å². The molecule has 0 spiro atoms. The zero-order chi connectivity index (χ0) is 13.7. The molecule has 100 valence electrons. The smallest absolute Gasteiger partial charge is 0.223 e. The average Bonchev–Trinajstić information content (AvgIpc) is 2.90. The molecule has 1 amide bonds. The second-order valence-corrected chi connectivity index (χ2v) is 5.58. The highest BCUT2D eigenvalue weighted by atomic mass is 32.1. The standard InChI is InChI=1S/C15H18N2OS/c1-12-5-3-4-6-13(12)7-8-15(18)17(2)11-14-16-9-10-19-14/h3-6,9-10H,7-8,11H2,1-2H3. The zero-order valence-electron chi connectivity index (χ0n) is 11.3. The van der Waals surface area contributed by atoms with Gasteiger partial charge in [0.15, 0.2) is 0 Å². The van der Waals surface area contributed by atoms with E-state index < -0.39 is 0 Å². The third-order valence-electron chi connectivity index (χ3n) is 3.15. The monoisotopic (exact) mass is 274 g/mol. The first-order chi connectivity index (χ1) is 9.16. The number of aromatic nitrogens is 1. The maximum absolute atomic E-state index is 12.1. The molecule has 1 aromatic carbocycles. The molecule has 3 nitrogen and oxygen atoms in total. The summed E-state index contributed by atoms with van der Waals surface area (Å²) in [6, 6.07) is 8.21. The summed E-state index contributed by atoms with van der Waals surface area (Å²) >= 11 is 1.58. The largest absolute Gasteiger partial charge is 0.339 e. The topological polar surface area (TPSA) is 33.2 Å². The van der Waals surface area contributed by atoms with Crippen LogP contribution in [0.25, 0.3) is 0 Å².